The molecule has 2 amide bonds. The van der Waals surface area contributed by atoms with Gasteiger partial charge in [0.2, 0.25) is 11.8 Å². The van der Waals surface area contributed by atoms with Crippen molar-refractivity contribution >= 4 is 11.8 Å². The summed E-state index contributed by atoms with van der Waals surface area (Å²) < 4.78 is 1.86. The van der Waals surface area contributed by atoms with Crippen molar-refractivity contribution < 1.29 is 9.59 Å². The Bertz CT molecular complexity index is 668. The fourth-order valence-corrected chi connectivity index (χ4v) is 2.75. The van der Waals surface area contributed by atoms with Crippen LogP contribution in [0.2, 0.25) is 0 Å². The van der Waals surface area contributed by atoms with Gasteiger partial charge in [-0.1, -0.05) is 30.3 Å². The Labute approximate surface area is 149 Å². The van der Waals surface area contributed by atoms with Gasteiger partial charge in [-0.15, -0.1) is 0 Å². The second-order valence-electron chi connectivity index (χ2n) is 6.42. The zero-order chi connectivity index (χ0) is 18.2. The van der Waals surface area contributed by atoms with Crippen molar-refractivity contribution in [3.05, 3.63) is 60.4 Å². The molecule has 1 atom stereocenters. The molecule has 25 heavy (non-hydrogen) atoms. The van der Waals surface area contributed by atoms with E-state index in [-0.39, 0.29) is 17.7 Å². The minimum Gasteiger partial charge on any atom is -0.345 e. The van der Waals surface area contributed by atoms with Gasteiger partial charge in [-0.3, -0.25) is 9.59 Å². The summed E-state index contributed by atoms with van der Waals surface area (Å²) in [5.41, 5.74) is 1.03. The number of aromatic nitrogens is 1. The molecule has 1 aromatic heterocycles. The van der Waals surface area contributed by atoms with Gasteiger partial charge in [-0.25, -0.2) is 0 Å². The SMILES string of the molecule is C[C@@H](C(=O)N(C)CCCN(C)C(=O)Cn1cccc1)c1ccccc1. The van der Waals surface area contributed by atoms with Gasteiger partial charge in [-0.05, 0) is 31.0 Å². The zero-order valence-corrected chi connectivity index (χ0v) is 15.3. The average Bonchev–Trinajstić information content (AvgIpc) is 3.13. The number of carbonyl (C=O) groups is 2. The van der Waals surface area contributed by atoms with E-state index < -0.39 is 0 Å². The van der Waals surface area contributed by atoms with Crippen LogP contribution < -0.4 is 0 Å². The molecule has 134 valence electrons. The van der Waals surface area contributed by atoms with E-state index >= 15 is 0 Å². The van der Waals surface area contributed by atoms with E-state index in [2.05, 4.69) is 0 Å². The summed E-state index contributed by atoms with van der Waals surface area (Å²) in [5, 5.41) is 0. The van der Waals surface area contributed by atoms with Crippen molar-refractivity contribution in [2.24, 2.45) is 0 Å². The summed E-state index contributed by atoms with van der Waals surface area (Å²) in [4.78, 5) is 28.1. The molecule has 1 heterocycles. The molecule has 0 unspecified atom stereocenters. The van der Waals surface area contributed by atoms with Crippen molar-refractivity contribution in [2.75, 3.05) is 27.2 Å². The first-order chi connectivity index (χ1) is 12.0. The van der Waals surface area contributed by atoms with Crippen LogP contribution in [0.1, 0.15) is 24.8 Å². The standard InChI is InChI=1S/C20H27N3O2/c1-17(18-10-5-4-6-11-18)20(25)22(3)13-9-12-21(2)19(24)16-23-14-7-8-15-23/h4-8,10-11,14-15,17H,9,12-13,16H2,1-3H3/t17-/m1/s1. The molecular weight excluding hydrogens is 314 g/mol. The number of likely N-dealkylation sites (N-methyl/N-ethyl adjacent to an activating group) is 2. The third kappa shape index (κ3) is 5.48. The summed E-state index contributed by atoms with van der Waals surface area (Å²) in [5.74, 6) is 0.0228. The summed E-state index contributed by atoms with van der Waals surface area (Å²) in [6.45, 7) is 3.55. The molecule has 0 saturated carbocycles. The third-order valence-corrected chi connectivity index (χ3v) is 4.44. The highest BCUT2D eigenvalue weighted by atomic mass is 16.2. The van der Waals surface area contributed by atoms with Crippen LogP contribution in [0.4, 0.5) is 0 Å². The largest absolute Gasteiger partial charge is 0.345 e. The molecular formula is C20H27N3O2. The fourth-order valence-electron chi connectivity index (χ4n) is 2.75. The molecule has 0 aliphatic rings. The molecule has 0 spiro atoms. The van der Waals surface area contributed by atoms with Crippen LogP contribution in [0, 0.1) is 0 Å². The molecule has 0 saturated heterocycles. The number of benzene rings is 1. The van der Waals surface area contributed by atoms with Crippen LogP contribution in [0.25, 0.3) is 0 Å². The predicted molar refractivity (Wildman–Crippen MR) is 99.2 cm³/mol. The van der Waals surface area contributed by atoms with Gasteiger partial charge in [0.15, 0.2) is 0 Å². The molecule has 2 aromatic rings. The van der Waals surface area contributed by atoms with Crippen LogP contribution in [0.5, 0.6) is 0 Å². The maximum atomic E-state index is 12.5. The van der Waals surface area contributed by atoms with Crippen LogP contribution in [-0.2, 0) is 16.1 Å². The van der Waals surface area contributed by atoms with Crippen molar-refractivity contribution in [3.63, 3.8) is 0 Å². The monoisotopic (exact) mass is 341 g/mol. The number of hydrogen-bond acceptors (Lipinski definition) is 2. The van der Waals surface area contributed by atoms with Gasteiger partial charge in [0, 0.05) is 39.6 Å². The molecule has 5 heteroatoms. The van der Waals surface area contributed by atoms with Crippen LogP contribution >= 0.6 is 0 Å². The second-order valence-corrected chi connectivity index (χ2v) is 6.42. The normalized spacial score (nSPS) is 11.8. The molecule has 0 radical (unpaired) electrons. The van der Waals surface area contributed by atoms with Crippen LogP contribution in [0.3, 0.4) is 0 Å². The Morgan fingerprint density at radius 3 is 2.20 bits per heavy atom. The number of nitrogens with zero attached hydrogens (tertiary/aromatic N) is 3. The van der Waals surface area contributed by atoms with Gasteiger partial charge in [0.25, 0.3) is 0 Å². The Balaban J connectivity index is 1.74. The lowest BCUT2D eigenvalue weighted by atomic mass is 10.00. The van der Waals surface area contributed by atoms with Crippen molar-refractivity contribution in [1.29, 1.82) is 0 Å². The van der Waals surface area contributed by atoms with E-state index in [1.165, 1.54) is 0 Å². The highest BCUT2D eigenvalue weighted by Gasteiger charge is 2.19. The maximum Gasteiger partial charge on any atom is 0.242 e. The van der Waals surface area contributed by atoms with Crippen molar-refractivity contribution in [2.45, 2.75) is 25.8 Å². The number of amides is 2. The Hall–Kier alpha value is -2.56. The second kappa shape index (κ2) is 9.06. The quantitative estimate of drug-likeness (QED) is 0.741. The topological polar surface area (TPSA) is 45.6 Å². The highest BCUT2D eigenvalue weighted by molar-refractivity contribution is 5.83. The lowest BCUT2D eigenvalue weighted by molar-refractivity contribution is -0.131. The maximum absolute atomic E-state index is 12.5. The van der Waals surface area contributed by atoms with E-state index in [1.807, 2.05) is 73.4 Å². The minimum atomic E-state index is -0.153. The molecule has 0 aliphatic carbocycles. The van der Waals surface area contributed by atoms with Crippen LogP contribution in [-0.4, -0.2) is 53.4 Å². The molecule has 5 nitrogen and oxygen atoms in total. The first-order valence-electron chi connectivity index (χ1n) is 8.63. The molecule has 2 rings (SSSR count). The van der Waals surface area contributed by atoms with Gasteiger partial charge in [0.05, 0.1) is 5.92 Å². The number of rotatable bonds is 8. The lowest BCUT2D eigenvalue weighted by Gasteiger charge is -2.23. The smallest absolute Gasteiger partial charge is 0.242 e. The zero-order valence-electron chi connectivity index (χ0n) is 15.3. The van der Waals surface area contributed by atoms with E-state index in [1.54, 1.807) is 16.8 Å². The third-order valence-electron chi connectivity index (χ3n) is 4.44. The Kier molecular flexibility index (Phi) is 6.81. The summed E-state index contributed by atoms with van der Waals surface area (Å²) in [6.07, 6.45) is 4.52. The molecule has 0 N–H and O–H groups in total. The summed E-state index contributed by atoms with van der Waals surface area (Å²) in [6, 6.07) is 13.6. The van der Waals surface area contributed by atoms with Crippen molar-refractivity contribution in [3.8, 4) is 0 Å². The van der Waals surface area contributed by atoms with Crippen molar-refractivity contribution in [1.82, 2.24) is 14.4 Å². The van der Waals surface area contributed by atoms with Crippen LogP contribution in [0.15, 0.2) is 54.9 Å². The fraction of sp³-hybridized carbons (Fsp3) is 0.400. The summed E-state index contributed by atoms with van der Waals surface area (Å²) in [7, 11) is 3.63. The first-order valence-corrected chi connectivity index (χ1v) is 8.63. The Morgan fingerprint density at radius 2 is 1.56 bits per heavy atom. The lowest BCUT2D eigenvalue weighted by Crippen LogP contribution is -2.35. The number of carbonyl (C=O) groups excluding carboxylic acids is 2. The van der Waals surface area contributed by atoms with Gasteiger partial charge in [0.1, 0.15) is 6.54 Å². The van der Waals surface area contributed by atoms with E-state index in [0.29, 0.717) is 19.6 Å². The Morgan fingerprint density at radius 1 is 0.960 bits per heavy atom. The van der Waals surface area contributed by atoms with E-state index in [0.717, 1.165) is 12.0 Å². The van der Waals surface area contributed by atoms with E-state index in [9.17, 15) is 9.59 Å². The molecule has 1 aromatic carbocycles. The van der Waals surface area contributed by atoms with Gasteiger partial charge >= 0.3 is 0 Å². The number of hydrogen-bond donors (Lipinski definition) is 0. The summed E-state index contributed by atoms with van der Waals surface area (Å²) >= 11 is 0. The first kappa shape index (κ1) is 18.8. The average molecular weight is 341 g/mol. The molecule has 0 bridgehead atoms. The highest BCUT2D eigenvalue weighted by Crippen LogP contribution is 2.17. The molecule has 0 aliphatic heterocycles. The molecule has 0 fully saturated rings. The van der Waals surface area contributed by atoms with E-state index in [4.69, 9.17) is 0 Å². The van der Waals surface area contributed by atoms with Gasteiger partial charge in [-0.2, -0.15) is 0 Å². The minimum absolute atomic E-state index is 0.0721. The van der Waals surface area contributed by atoms with Gasteiger partial charge < -0.3 is 14.4 Å². The predicted octanol–water partition coefficient (Wildman–Crippen LogP) is 2.60.